The molecule has 0 bridgehead atoms. The van der Waals surface area contributed by atoms with Crippen molar-refractivity contribution in [3.05, 3.63) is 243 Å². The third-order valence-corrected chi connectivity index (χ3v) is 11.9. The lowest BCUT2D eigenvalue weighted by atomic mass is 9.95. The van der Waals surface area contributed by atoms with E-state index >= 15 is 0 Å². The van der Waals surface area contributed by atoms with Gasteiger partial charge in [-0.25, -0.2) is 4.98 Å². The maximum Gasteiger partial charge on any atom is 0.0715 e. The molecule has 0 radical (unpaired) electrons. The van der Waals surface area contributed by atoms with Gasteiger partial charge in [0, 0.05) is 27.6 Å². The van der Waals surface area contributed by atoms with Gasteiger partial charge in [-0.1, -0.05) is 200 Å². The average molecular weight is 777 g/mol. The predicted octanol–water partition coefficient (Wildman–Crippen LogP) is 15.8. The number of pyridine rings is 1. The smallest absolute Gasteiger partial charge is 0.0715 e. The first-order valence-corrected chi connectivity index (χ1v) is 20.9. The van der Waals surface area contributed by atoms with Crippen LogP contribution in [0.2, 0.25) is 0 Å². The van der Waals surface area contributed by atoms with Crippen molar-refractivity contribution in [2.75, 3.05) is 0 Å². The van der Waals surface area contributed by atoms with Gasteiger partial charge in [-0.3, -0.25) is 0 Å². The van der Waals surface area contributed by atoms with E-state index in [1.54, 1.807) is 0 Å². The summed E-state index contributed by atoms with van der Waals surface area (Å²) in [6, 6.07) is 87.0. The summed E-state index contributed by atoms with van der Waals surface area (Å²) < 4.78 is 2.36. The van der Waals surface area contributed by atoms with Crippen molar-refractivity contribution < 1.29 is 0 Å². The Bertz CT molecular complexity index is 3180. The van der Waals surface area contributed by atoms with E-state index in [0.717, 1.165) is 39.3 Å². The molecule has 0 aliphatic rings. The number of aromatic nitrogens is 2. The van der Waals surface area contributed by atoms with E-state index in [1.807, 2.05) is 12.1 Å². The summed E-state index contributed by atoms with van der Waals surface area (Å²) in [7, 11) is 0. The van der Waals surface area contributed by atoms with Crippen LogP contribution in [0.3, 0.4) is 0 Å². The average Bonchev–Trinajstić information content (AvgIpc) is 3.69. The molecule has 0 N–H and O–H groups in total. The Morgan fingerprint density at radius 2 is 0.557 bits per heavy atom. The highest BCUT2D eigenvalue weighted by molar-refractivity contribution is 6.09. The van der Waals surface area contributed by atoms with Gasteiger partial charge in [-0.05, 0) is 98.1 Å². The summed E-state index contributed by atoms with van der Waals surface area (Å²) in [6.45, 7) is 0. The van der Waals surface area contributed by atoms with Crippen LogP contribution in [0.25, 0.3) is 106 Å². The summed E-state index contributed by atoms with van der Waals surface area (Å²) in [4.78, 5) is 5.06. The number of rotatable bonds is 8. The second kappa shape index (κ2) is 15.6. The molecule has 286 valence electrons. The molecule has 0 aliphatic heterocycles. The van der Waals surface area contributed by atoms with Crippen LogP contribution in [0.1, 0.15) is 0 Å². The molecule has 9 aromatic carbocycles. The van der Waals surface area contributed by atoms with Gasteiger partial charge in [0.1, 0.15) is 0 Å². The molecule has 2 aromatic heterocycles. The number of benzene rings is 9. The SMILES string of the molecule is c1ccc(-c2cc(-c3ccc(-c4ccc(-c5cccc(-c6ccc(-c7ccc(-n8c9ccccc9c9ccccc98)cc7)cc6)c5)cc4)cc3)cc(-c3ccccc3)n2)cc1. The normalized spacial score (nSPS) is 11.3. The van der Waals surface area contributed by atoms with E-state index in [-0.39, 0.29) is 0 Å². The number of hydrogen-bond acceptors (Lipinski definition) is 1. The van der Waals surface area contributed by atoms with Crippen LogP contribution in [-0.4, -0.2) is 9.55 Å². The highest BCUT2D eigenvalue weighted by Gasteiger charge is 2.13. The third-order valence-electron chi connectivity index (χ3n) is 11.9. The van der Waals surface area contributed by atoms with Crippen molar-refractivity contribution in [1.29, 1.82) is 0 Å². The number of hydrogen-bond donors (Lipinski definition) is 0. The van der Waals surface area contributed by atoms with Crippen LogP contribution in [0.5, 0.6) is 0 Å². The molecule has 0 amide bonds. The van der Waals surface area contributed by atoms with Gasteiger partial charge in [0.25, 0.3) is 0 Å². The van der Waals surface area contributed by atoms with E-state index in [4.69, 9.17) is 4.98 Å². The van der Waals surface area contributed by atoms with Gasteiger partial charge in [0.15, 0.2) is 0 Å². The van der Waals surface area contributed by atoms with Crippen molar-refractivity contribution in [2.45, 2.75) is 0 Å². The van der Waals surface area contributed by atoms with Crippen LogP contribution in [0.4, 0.5) is 0 Å². The molecule has 0 saturated heterocycles. The Balaban J connectivity index is 0.810. The Labute approximate surface area is 356 Å². The first-order valence-electron chi connectivity index (χ1n) is 20.9. The second-order valence-corrected chi connectivity index (χ2v) is 15.6. The fourth-order valence-corrected chi connectivity index (χ4v) is 8.66. The molecule has 11 aromatic rings. The molecular formula is C59H40N2. The molecule has 0 fully saturated rings. The molecule has 11 rings (SSSR count). The maximum atomic E-state index is 5.06. The summed E-state index contributed by atoms with van der Waals surface area (Å²) in [5, 5.41) is 2.55. The molecule has 61 heavy (non-hydrogen) atoms. The van der Waals surface area contributed by atoms with Crippen molar-refractivity contribution in [2.24, 2.45) is 0 Å². The zero-order chi connectivity index (χ0) is 40.5. The van der Waals surface area contributed by atoms with E-state index in [1.165, 1.54) is 66.3 Å². The van der Waals surface area contributed by atoms with Gasteiger partial charge in [-0.15, -0.1) is 0 Å². The molecule has 2 heteroatoms. The Morgan fingerprint density at radius 3 is 0.984 bits per heavy atom. The zero-order valence-corrected chi connectivity index (χ0v) is 33.5. The summed E-state index contributed by atoms with van der Waals surface area (Å²) >= 11 is 0. The van der Waals surface area contributed by atoms with Crippen LogP contribution in [0, 0.1) is 0 Å². The minimum absolute atomic E-state index is 0.968. The fourth-order valence-electron chi connectivity index (χ4n) is 8.66. The first kappa shape index (κ1) is 36.0. The van der Waals surface area contributed by atoms with Crippen LogP contribution in [-0.2, 0) is 0 Å². The monoisotopic (exact) mass is 776 g/mol. The van der Waals surface area contributed by atoms with Gasteiger partial charge in [0.2, 0.25) is 0 Å². The van der Waals surface area contributed by atoms with Gasteiger partial charge in [-0.2, -0.15) is 0 Å². The summed E-state index contributed by atoms with van der Waals surface area (Å²) in [5.41, 5.74) is 19.6. The van der Waals surface area contributed by atoms with E-state index in [0.29, 0.717) is 0 Å². The highest BCUT2D eigenvalue weighted by atomic mass is 15.0. The Morgan fingerprint density at radius 1 is 0.230 bits per heavy atom. The van der Waals surface area contributed by atoms with Crippen LogP contribution < -0.4 is 0 Å². The fraction of sp³-hybridized carbons (Fsp3) is 0. The minimum atomic E-state index is 0.968. The molecule has 2 nitrogen and oxygen atoms in total. The zero-order valence-electron chi connectivity index (χ0n) is 33.5. The molecule has 0 unspecified atom stereocenters. The van der Waals surface area contributed by atoms with Crippen molar-refractivity contribution in [3.8, 4) is 83.8 Å². The van der Waals surface area contributed by atoms with Gasteiger partial charge in [0.05, 0.1) is 22.4 Å². The Kier molecular flexibility index (Phi) is 9.22. The largest absolute Gasteiger partial charge is 0.309 e. The lowest BCUT2D eigenvalue weighted by molar-refractivity contribution is 1.18. The minimum Gasteiger partial charge on any atom is -0.309 e. The molecule has 0 aliphatic carbocycles. The summed E-state index contributed by atoms with van der Waals surface area (Å²) in [5.74, 6) is 0. The van der Waals surface area contributed by atoms with Gasteiger partial charge < -0.3 is 4.57 Å². The predicted molar refractivity (Wildman–Crippen MR) is 257 cm³/mol. The molecular weight excluding hydrogens is 737 g/mol. The lowest BCUT2D eigenvalue weighted by Crippen LogP contribution is -1.93. The third kappa shape index (κ3) is 7.01. The van der Waals surface area contributed by atoms with Crippen LogP contribution in [0.15, 0.2) is 243 Å². The van der Waals surface area contributed by atoms with E-state index in [9.17, 15) is 0 Å². The van der Waals surface area contributed by atoms with Crippen molar-refractivity contribution in [3.63, 3.8) is 0 Å². The molecule has 0 atom stereocenters. The maximum absolute atomic E-state index is 5.06. The highest BCUT2D eigenvalue weighted by Crippen LogP contribution is 2.35. The number of fused-ring (bicyclic) bond motifs is 3. The Hall–Kier alpha value is -8.07. The number of para-hydroxylation sites is 2. The van der Waals surface area contributed by atoms with Gasteiger partial charge >= 0.3 is 0 Å². The number of nitrogens with zero attached hydrogens (tertiary/aromatic N) is 2. The van der Waals surface area contributed by atoms with Crippen molar-refractivity contribution in [1.82, 2.24) is 9.55 Å². The quantitative estimate of drug-likeness (QED) is 0.150. The van der Waals surface area contributed by atoms with E-state index < -0.39 is 0 Å². The van der Waals surface area contributed by atoms with E-state index in [2.05, 4.69) is 235 Å². The standard InChI is InChI=1S/C59H40N2/c1-3-12-48(13-4-1)56-39-52(40-57(60-56)49-14-5-2-6-15-49)47-32-26-42(27-33-47)41-22-28-45(29-23-41)50-16-11-17-51(38-50)46-30-24-43(25-31-46)44-34-36-53(37-35-44)61-58-20-9-7-18-54(58)55-19-8-10-21-59(55)61/h1-40H. The summed E-state index contributed by atoms with van der Waals surface area (Å²) in [6.07, 6.45) is 0. The molecule has 0 saturated carbocycles. The molecule has 2 heterocycles. The van der Waals surface area contributed by atoms with Crippen LogP contribution >= 0.6 is 0 Å². The topological polar surface area (TPSA) is 17.8 Å². The second-order valence-electron chi connectivity index (χ2n) is 15.6. The first-order chi connectivity index (χ1) is 30.2. The van der Waals surface area contributed by atoms with Crippen molar-refractivity contribution >= 4 is 21.8 Å². The molecule has 0 spiro atoms. The lowest BCUT2D eigenvalue weighted by Gasteiger charge is -2.11.